The van der Waals surface area contributed by atoms with Crippen LogP contribution in [0, 0.1) is 13.8 Å². The molecule has 1 aliphatic rings. The molecule has 2 heterocycles. The van der Waals surface area contributed by atoms with Crippen molar-refractivity contribution in [2.45, 2.75) is 18.9 Å². The third-order valence-electron chi connectivity index (χ3n) is 4.36. The molecule has 0 radical (unpaired) electrons. The molecule has 0 spiro atoms. The second-order valence-electron chi connectivity index (χ2n) is 6.45. The first-order valence-corrected chi connectivity index (χ1v) is 9.78. The van der Waals surface area contributed by atoms with Gasteiger partial charge in [-0.1, -0.05) is 30.0 Å². The second-order valence-corrected chi connectivity index (χ2v) is 7.42. The highest BCUT2D eigenvalue weighted by atomic mass is 32.2. The number of thioether (sulfide) groups is 1. The number of pyridine rings is 1. The van der Waals surface area contributed by atoms with Gasteiger partial charge in [-0.05, 0) is 43.2 Å². The normalized spacial score (nSPS) is 12.8. The molecule has 4 rings (SSSR count). The molecular formula is C21H20N2O3S. The summed E-state index contributed by atoms with van der Waals surface area (Å²) in [5.41, 5.74) is 3.89. The zero-order chi connectivity index (χ0) is 18.8. The maximum absolute atomic E-state index is 12.4. The van der Waals surface area contributed by atoms with Crippen LogP contribution in [0.15, 0.2) is 47.5 Å². The third kappa shape index (κ3) is 3.85. The Balaban J connectivity index is 1.44. The Labute approximate surface area is 162 Å². The van der Waals surface area contributed by atoms with E-state index in [0.29, 0.717) is 36.2 Å². The van der Waals surface area contributed by atoms with E-state index in [1.54, 1.807) is 6.07 Å². The molecule has 3 aromatic rings. The smallest absolute Gasteiger partial charge is 0.234 e. The maximum atomic E-state index is 12.4. The first-order chi connectivity index (χ1) is 13.1. The minimum absolute atomic E-state index is 0.0808. The molecule has 1 amide bonds. The van der Waals surface area contributed by atoms with Crippen molar-refractivity contribution in [1.82, 2.24) is 4.98 Å². The average molecular weight is 380 g/mol. The van der Waals surface area contributed by atoms with Crippen LogP contribution in [0.25, 0.3) is 10.9 Å². The zero-order valence-corrected chi connectivity index (χ0v) is 16.1. The van der Waals surface area contributed by atoms with E-state index in [1.165, 1.54) is 11.8 Å². The summed E-state index contributed by atoms with van der Waals surface area (Å²) < 4.78 is 11.0. The Morgan fingerprint density at radius 2 is 1.89 bits per heavy atom. The fourth-order valence-electron chi connectivity index (χ4n) is 3.03. The number of anilines is 1. The number of para-hydroxylation sites is 1. The molecule has 6 heteroatoms. The van der Waals surface area contributed by atoms with Crippen molar-refractivity contribution in [3.63, 3.8) is 0 Å². The fraction of sp³-hybridized carbons (Fsp3) is 0.238. The van der Waals surface area contributed by atoms with E-state index in [9.17, 15) is 4.79 Å². The summed E-state index contributed by atoms with van der Waals surface area (Å²) in [6.45, 7) is 5.14. The van der Waals surface area contributed by atoms with Gasteiger partial charge in [-0.15, -0.1) is 0 Å². The number of ether oxygens (including phenoxy) is 2. The summed E-state index contributed by atoms with van der Waals surface area (Å²) in [4.78, 5) is 17.1. The number of carbonyl (C=O) groups is 1. The van der Waals surface area contributed by atoms with Gasteiger partial charge in [0.1, 0.15) is 18.2 Å². The molecule has 0 saturated heterocycles. The van der Waals surface area contributed by atoms with E-state index in [0.717, 1.165) is 27.1 Å². The van der Waals surface area contributed by atoms with Crippen molar-refractivity contribution >= 4 is 34.3 Å². The lowest BCUT2D eigenvalue weighted by Crippen LogP contribution is -2.17. The predicted molar refractivity (Wildman–Crippen MR) is 108 cm³/mol. The molecule has 27 heavy (non-hydrogen) atoms. The van der Waals surface area contributed by atoms with Gasteiger partial charge in [0.15, 0.2) is 11.5 Å². The number of aromatic nitrogens is 1. The highest BCUT2D eigenvalue weighted by Crippen LogP contribution is 2.33. The molecule has 5 nitrogen and oxygen atoms in total. The van der Waals surface area contributed by atoms with Gasteiger partial charge < -0.3 is 14.8 Å². The molecule has 1 aliphatic heterocycles. The number of amides is 1. The molecular weight excluding hydrogens is 360 g/mol. The number of hydrogen-bond acceptors (Lipinski definition) is 5. The molecule has 1 N–H and O–H groups in total. The number of rotatable bonds is 4. The highest BCUT2D eigenvalue weighted by Gasteiger charge is 2.13. The summed E-state index contributed by atoms with van der Waals surface area (Å²) in [7, 11) is 0. The van der Waals surface area contributed by atoms with Crippen LogP contribution in [0.5, 0.6) is 11.5 Å². The van der Waals surface area contributed by atoms with Crippen LogP contribution in [0.3, 0.4) is 0 Å². The minimum Gasteiger partial charge on any atom is -0.486 e. The van der Waals surface area contributed by atoms with Gasteiger partial charge in [0.25, 0.3) is 0 Å². The standard InChI is InChI=1S/C21H20N2O3S/c1-13-4-3-5-15-10-14(2)21(23-20(13)15)27-12-19(24)22-16-6-7-17-18(11-16)26-9-8-25-17/h3-7,10-11H,8-9,12H2,1-2H3,(H,22,24). The van der Waals surface area contributed by atoms with E-state index < -0.39 is 0 Å². The summed E-state index contributed by atoms with van der Waals surface area (Å²) in [5, 5.41) is 4.91. The summed E-state index contributed by atoms with van der Waals surface area (Å²) in [6.07, 6.45) is 0. The summed E-state index contributed by atoms with van der Waals surface area (Å²) in [6, 6.07) is 13.7. The monoisotopic (exact) mass is 380 g/mol. The highest BCUT2D eigenvalue weighted by molar-refractivity contribution is 8.00. The summed E-state index contributed by atoms with van der Waals surface area (Å²) >= 11 is 1.45. The van der Waals surface area contributed by atoms with E-state index in [4.69, 9.17) is 14.5 Å². The van der Waals surface area contributed by atoms with Crippen LogP contribution in [-0.4, -0.2) is 29.9 Å². The number of fused-ring (bicyclic) bond motifs is 2. The number of carbonyl (C=O) groups excluding carboxylic acids is 1. The predicted octanol–water partition coefficient (Wildman–Crippen LogP) is 4.35. The first-order valence-electron chi connectivity index (χ1n) is 8.79. The largest absolute Gasteiger partial charge is 0.486 e. The summed E-state index contributed by atoms with van der Waals surface area (Å²) in [5.74, 6) is 1.58. The molecule has 0 aliphatic carbocycles. The van der Waals surface area contributed by atoms with Gasteiger partial charge in [-0.25, -0.2) is 4.98 Å². The lowest BCUT2D eigenvalue weighted by Gasteiger charge is -2.19. The van der Waals surface area contributed by atoms with Gasteiger partial charge in [-0.3, -0.25) is 4.79 Å². The molecule has 138 valence electrons. The lowest BCUT2D eigenvalue weighted by atomic mass is 10.1. The van der Waals surface area contributed by atoms with Crippen molar-refractivity contribution in [3.8, 4) is 11.5 Å². The van der Waals surface area contributed by atoms with Crippen LogP contribution in [-0.2, 0) is 4.79 Å². The molecule has 0 saturated carbocycles. The SMILES string of the molecule is Cc1cc2cccc(C)c2nc1SCC(=O)Nc1ccc2c(c1)OCCO2. The van der Waals surface area contributed by atoms with Gasteiger partial charge >= 0.3 is 0 Å². The molecule has 0 atom stereocenters. The zero-order valence-electron chi connectivity index (χ0n) is 15.2. The molecule has 0 fully saturated rings. The van der Waals surface area contributed by atoms with Gasteiger partial charge in [0.2, 0.25) is 5.91 Å². The van der Waals surface area contributed by atoms with Crippen molar-refractivity contribution in [2.24, 2.45) is 0 Å². The molecule has 1 aromatic heterocycles. The van der Waals surface area contributed by atoms with Crippen molar-refractivity contribution in [1.29, 1.82) is 0 Å². The van der Waals surface area contributed by atoms with Crippen LogP contribution >= 0.6 is 11.8 Å². The second kappa shape index (κ2) is 7.48. The number of nitrogens with zero attached hydrogens (tertiary/aromatic N) is 1. The topological polar surface area (TPSA) is 60.5 Å². The number of nitrogens with one attached hydrogen (secondary N) is 1. The van der Waals surface area contributed by atoms with E-state index >= 15 is 0 Å². The van der Waals surface area contributed by atoms with Crippen molar-refractivity contribution < 1.29 is 14.3 Å². The Morgan fingerprint density at radius 3 is 2.74 bits per heavy atom. The van der Waals surface area contributed by atoms with Crippen LogP contribution in [0.2, 0.25) is 0 Å². The van der Waals surface area contributed by atoms with Gasteiger partial charge in [0.05, 0.1) is 11.3 Å². The maximum Gasteiger partial charge on any atom is 0.234 e. The Bertz CT molecular complexity index is 1020. The molecule has 0 unspecified atom stereocenters. The quantitative estimate of drug-likeness (QED) is 0.682. The number of benzene rings is 2. The van der Waals surface area contributed by atoms with E-state index in [1.807, 2.05) is 38.1 Å². The van der Waals surface area contributed by atoms with Gasteiger partial charge in [0, 0.05) is 17.1 Å². The average Bonchev–Trinajstić information content (AvgIpc) is 2.67. The Kier molecular flexibility index (Phi) is 4.90. The van der Waals surface area contributed by atoms with Crippen molar-refractivity contribution in [3.05, 3.63) is 53.6 Å². The van der Waals surface area contributed by atoms with Crippen molar-refractivity contribution in [2.75, 3.05) is 24.3 Å². The van der Waals surface area contributed by atoms with Crippen LogP contribution < -0.4 is 14.8 Å². The Morgan fingerprint density at radius 1 is 1.07 bits per heavy atom. The van der Waals surface area contributed by atoms with Crippen LogP contribution in [0.1, 0.15) is 11.1 Å². The lowest BCUT2D eigenvalue weighted by molar-refractivity contribution is -0.113. The first kappa shape index (κ1) is 17.7. The minimum atomic E-state index is -0.0808. The van der Waals surface area contributed by atoms with E-state index in [-0.39, 0.29) is 5.91 Å². The molecule has 0 bridgehead atoms. The van der Waals surface area contributed by atoms with E-state index in [2.05, 4.69) is 17.4 Å². The third-order valence-corrected chi connectivity index (χ3v) is 5.45. The number of aryl methyl sites for hydroxylation is 2. The van der Waals surface area contributed by atoms with Crippen LogP contribution in [0.4, 0.5) is 5.69 Å². The number of hydrogen-bond donors (Lipinski definition) is 1. The fourth-order valence-corrected chi connectivity index (χ4v) is 3.82. The Hall–Kier alpha value is -2.73. The molecule has 2 aromatic carbocycles. The van der Waals surface area contributed by atoms with Gasteiger partial charge in [-0.2, -0.15) is 0 Å².